The smallest absolute Gasteiger partial charge is 0.269 e. The van der Waals surface area contributed by atoms with Crippen molar-refractivity contribution in [2.45, 2.75) is 13.3 Å². The minimum atomic E-state index is -0.530. The zero-order chi connectivity index (χ0) is 26.4. The number of hydrogen-bond acceptors (Lipinski definition) is 5. The first-order valence-electron chi connectivity index (χ1n) is 11.6. The number of benzene rings is 3. The van der Waals surface area contributed by atoms with Gasteiger partial charge in [0.25, 0.3) is 11.6 Å². The van der Waals surface area contributed by atoms with Crippen LogP contribution in [0.2, 0.25) is 5.02 Å². The van der Waals surface area contributed by atoms with Crippen LogP contribution in [0.3, 0.4) is 0 Å². The van der Waals surface area contributed by atoms with Gasteiger partial charge in [-0.25, -0.2) is 4.68 Å². The molecule has 0 radical (unpaired) electrons. The van der Waals surface area contributed by atoms with E-state index in [1.54, 1.807) is 28.9 Å². The van der Waals surface area contributed by atoms with Crippen molar-refractivity contribution < 1.29 is 14.5 Å². The van der Waals surface area contributed by atoms with Gasteiger partial charge < -0.3 is 10.2 Å². The Labute approximate surface area is 218 Å². The number of halogens is 1. The summed E-state index contributed by atoms with van der Waals surface area (Å²) >= 11 is 6.42. The molecule has 0 fully saturated rings. The predicted octanol–water partition coefficient (Wildman–Crippen LogP) is 5.59. The van der Waals surface area contributed by atoms with Gasteiger partial charge >= 0.3 is 0 Å². The zero-order valence-electron chi connectivity index (χ0n) is 20.0. The number of nitro benzene ring substituents is 1. The molecule has 4 aromatic rings. The van der Waals surface area contributed by atoms with E-state index in [4.69, 9.17) is 11.6 Å². The van der Waals surface area contributed by atoms with E-state index in [2.05, 4.69) is 10.4 Å². The molecule has 3 aromatic carbocycles. The third-order valence-corrected chi connectivity index (χ3v) is 5.89. The fourth-order valence-corrected chi connectivity index (χ4v) is 4.03. The molecule has 1 N–H and O–H groups in total. The third-order valence-electron chi connectivity index (χ3n) is 5.57. The predicted molar refractivity (Wildman–Crippen MR) is 142 cm³/mol. The number of hydrogen-bond donors (Lipinski definition) is 1. The monoisotopic (exact) mass is 517 g/mol. The lowest BCUT2D eigenvalue weighted by Gasteiger charge is -2.22. The number of rotatable bonds is 9. The summed E-state index contributed by atoms with van der Waals surface area (Å²) in [5, 5.41) is 18.9. The molecule has 0 spiro atoms. The van der Waals surface area contributed by atoms with Gasteiger partial charge in [0.05, 0.1) is 21.3 Å². The Hall–Kier alpha value is -4.50. The maximum atomic E-state index is 13.1. The lowest BCUT2D eigenvalue weighted by molar-refractivity contribution is -0.384. The van der Waals surface area contributed by atoms with Crippen LogP contribution in [-0.4, -0.2) is 44.5 Å². The Morgan fingerprint density at radius 3 is 2.35 bits per heavy atom. The number of amides is 2. The second-order valence-electron chi connectivity index (χ2n) is 8.22. The number of nitrogens with one attached hydrogen (secondary N) is 1. The first kappa shape index (κ1) is 25.6. The number of aromatic nitrogens is 2. The molecule has 9 nitrogen and oxygen atoms in total. The highest BCUT2D eigenvalue weighted by molar-refractivity contribution is 6.32. The van der Waals surface area contributed by atoms with Crippen LogP contribution in [0.5, 0.6) is 0 Å². The molecule has 0 saturated heterocycles. The number of nitrogens with zero attached hydrogens (tertiary/aromatic N) is 4. The highest BCUT2D eigenvalue weighted by Gasteiger charge is 2.21. The molecule has 2 amide bonds. The van der Waals surface area contributed by atoms with E-state index in [1.807, 2.05) is 43.3 Å². The van der Waals surface area contributed by atoms with Gasteiger partial charge in [-0.05, 0) is 30.7 Å². The number of para-hydroxylation sites is 1. The van der Waals surface area contributed by atoms with Crippen LogP contribution in [0.1, 0.15) is 23.7 Å². The van der Waals surface area contributed by atoms with E-state index in [-0.39, 0.29) is 17.8 Å². The maximum absolute atomic E-state index is 13.1. The first-order valence-corrected chi connectivity index (χ1v) is 12.0. The van der Waals surface area contributed by atoms with E-state index >= 15 is 0 Å². The van der Waals surface area contributed by atoms with Gasteiger partial charge in [-0.15, -0.1) is 0 Å². The minimum absolute atomic E-state index is 0.113. The molecule has 0 bridgehead atoms. The molecule has 0 unspecified atom stereocenters. The molecule has 0 saturated carbocycles. The lowest BCUT2D eigenvalue weighted by Crippen LogP contribution is -2.38. The van der Waals surface area contributed by atoms with Crippen LogP contribution >= 0.6 is 11.6 Å². The first-order chi connectivity index (χ1) is 17.9. The molecular formula is C27H24ClN5O4. The second kappa shape index (κ2) is 11.5. The van der Waals surface area contributed by atoms with Crippen molar-refractivity contribution in [2.24, 2.45) is 0 Å². The molecule has 1 heterocycles. The normalized spacial score (nSPS) is 10.6. The van der Waals surface area contributed by atoms with Crippen LogP contribution in [0.15, 0.2) is 84.9 Å². The van der Waals surface area contributed by atoms with Gasteiger partial charge in [0.15, 0.2) is 0 Å². The standard InChI is InChI=1S/C27H24ClN5O4/c1-2-16-31(27(35)20-12-14-21(15-13-20)33(36)37)18-26(34)29-25-17-23(19-8-4-3-5-9-19)30-32(25)24-11-7-6-10-22(24)28/h3-15,17H,2,16,18H2,1H3,(H,29,34). The van der Waals surface area contributed by atoms with E-state index < -0.39 is 16.7 Å². The van der Waals surface area contributed by atoms with E-state index in [9.17, 15) is 19.7 Å². The van der Waals surface area contributed by atoms with Gasteiger partial charge in [0.1, 0.15) is 12.4 Å². The molecule has 0 aliphatic rings. The lowest BCUT2D eigenvalue weighted by atomic mass is 10.1. The van der Waals surface area contributed by atoms with Gasteiger partial charge in [0.2, 0.25) is 5.91 Å². The van der Waals surface area contributed by atoms with Gasteiger partial charge in [-0.1, -0.05) is 61.0 Å². The molecule has 0 atom stereocenters. The van der Waals surface area contributed by atoms with E-state index in [0.717, 1.165) is 5.56 Å². The fourth-order valence-electron chi connectivity index (χ4n) is 3.81. The average molecular weight is 518 g/mol. The maximum Gasteiger partial charge on any atom is 0.269 e. The van der Waals surface area contributed by atoms with E-state index in [1.165, 1.54) is 29.2 Å². The van der Waals surface area contributed by atoms with Crippen molar-refractivity contribution in [1.82, 2.24) is 14.7 Å². The SMILES string of the molecule is CCCN(CC(=O)Nc1cc(-c2ccccc2)nn1-c1ccccc1Cl)C(=O)c1ccc([N+](=O)[O-])cc1. The van der Waals surface area contributed by atoms with Crippen molar-refractivity contribution in [2.75, 3.05) is 18.4 Å². The molecule has 188 valence electrons. The second-order valence-corrected chi connectivity index (χ2v) is 8.63. The number of carbonyl (C=O) groups excluding carboxylic acids is 2. The Balaban J connectivity index is 1.59. The number of carbonyl (C=O) groups is 2. The Bertz CT molecular complexity index is 1420. The summed E-state index contributed by atoms with van der Waals surface area (Å²) < 4.78 is 1.56. The van der Waals surface area contributed by atoms with Crippen molar-refractivity contribution >= 4 is 34.9 Å². The highest BCUT2D eigenvalue weighted by atomic mass is 35.5. The number of non-ortho nitro benzene ring substituents is 1. The molecular weight excluding hydrogens is 494 g/mol. The molecule has 0 aliphatic carbocycles. The molecule has 1 aromatic heterocycles. The summed E-state index contributed by atoms with van der Waals surface area (Å²) in [4.78, 5) is 38.0. The largest absolute Gasteiger partial charge is 0.329 e. The number of nitro groups is 1. The summed E-state index contributed by atoms with van der Waals surface area (Å²) in [5.74, 6) is -0.413. The topological polar surface area (TPSA) is 110 Å². The highest BCUT2D eigenvalue weighted by Crippen LogP contribution is 2.28. The average Bonchev–Trinajstić information content (AvgIpc) is 3.32. The summed E-state index contributed by atoms with van der Waals surface area (Å²) in [5.41, 5.74) is 2.25. The van der Waals surface area contributed by atoms with Gasteiger partial charge in [-0.3, -0.25) is 19.7 Å². The van der Waals surface area contributed by atoms with Crippen LogP contribution < -0.4 is 5.32 Å². The van der Waals surface area contributed by atoms with Gasteiger partial charge in [0, 0.05) is 35.9 Å². The third kappa shape index (κ3) is 6.02. The minimum Gasteiger partial charge on any atom is -0.329 e. The van der Waals surface area contributed by atoms with Crippen molar-refractivity contribution in [3.8, 4) is 16.9 Å². The fraction of sp³-hybridized carbons (Fsp3) is 0.148. The summed E-state index contributed by atoms with van der Waals surface area (Å²) in [6.07, 6.45) is 0.627. The van der Waals surface area contributed by atoms with Crippen LogP contribution in [0.4, 0.5) is 11.5 Å². The Morgan fingerprint density at radius 1 is 1.03 bits per heavy atom. The molecule has 37 heavy (non-hydrogen) atoms. The van der Waals surface area contributed by atoms with Crippen LogP contribution in [0.25, 0.3) is 16.9 Å². The van der Waals surface area contributed by atoms with Crippen molar-refractivity contribution in [3.63, 3.8) is 0 Å². The van der Waals surface area contributed by atoms with Crippen LogP contribution in [-0.2, 0) is 4.79 Å². The number of anilines is 1. The van der Waals surface area contributed by atoms with Crippen molar-refractivity contribution in [1.29, 1.82) is 0 Å². The quantitative estimate of drug-likeness (QED) is 0.230. The Kier molecular flexibility index (Phi) is 7.95. The van der Waals surface area contributed by atoms with Gasteiger partial charge in [-0.2, -0.15) is 5.10 Å². The molecule has 10 heteroatoms. The zero-order valence-corrected chi connectivity index (χ0v) is 20.8. The molecule has 0 aliphatic heterocycles. The Morgan fingerprint density at radius 2 is 1.70 bits per heavy atom. The summed E-state index contributed by atoms with van der Waals surface area (Å²) in [6.45, 7) is 2.02. The van der Waals surface area contributed by atoms with E-state index in [0.29, 0.717) is 35.2 Å². The van der Waals surface area contributed by atoms with Crippen LogP contribution in [0, 0.1) is 10.1 Å². The molecule has 4 rings (SSSR count). The van der Waals surface area contributed by atoms with Crippen molar-refractivity contribution in [3.05, 3.63) is 106 Å². The summed E-state index contributed by atoms with van der Waals surface area (Å²) in [7, 11) is 0. The summed E-state index contributed by atoms with van der Waals surface area (Å²) in [6, 6.07) is 23.7.